The van der Waals surface area contributed by atoms with Gasteiger partial charge in [0.15, 0.2) is 0 Å². The maximum Gasteiger partial charge on any atom is 0.210 e. The number of nitriles is 1. The highest BCUT2D eigenvalue weighted by molar-refractivity contribution is 8.00. The van der Waals surface area contributed by atoms with Gasteiger partial charge in [0, 0.05) is 0 Å². The molecule has 1 heterocycles. The van der Waals surface area contributed by atoms with E-state index in [1.165, 1.54) is 11.8 Å². The molecule has 6 heteroatoms. The minimum Gasteiger partial charge on any atom is -0.217 e. The van der Waals surface area contributed by atoms with Gasteiger partial charge in [-0.3, -0.25) is 0 Å². The lowest BCUT2D eigenvalue weighted by atomic mass is 10.4. The number of hydrogen-bond acceptors (Lipinski definition) is 5. The second-order valence-corrected chi connectivity index (χ2v) is 4.45. The molecule has 0 radical (unpaired) electrons. The molecule has 0 spiro atoms. The van der Waals surface area contributed by atoms with Gasteiger partial charge in [0.05, 0.1) is 17.4 Å². The Balaban J connectivity index is 2.08. The van der Waals surface area contributed by atoms with Crippen molar-refractivity contribution in [3.8, 4) is 6.07 Å². The van der Waals surface area contributed by atoms with Crippen molar-refractivity contribution in [2.24, 2.45) is 0 Å². The van der Waals surface area contributed by atoms with Gasteiger partial charge in [-0.1, -0.05) is 18.7 Å². The van der Waals surface area contributed by atoms with E-state index in [1.807, 2.05) is 11.6 Å². The van der Waals surface area contributed by atoms with Crippen molar-refractivity contribution in [1.82, 2.24) is 20.2 Å². The summed E-state index contributed by atoms with van der Waals surface area (Å²) in [6.45, 7) is 1.99. The Hall–Kier alpha value is -1.09. The molecule has 1 aromatic rings. The lowest BCUT2D eigenvalue weighted by Crippen LogP contribution is -2.03. The van der Waals surface area contributed by atoms with Gasteiger partial charge in [0.2, 0.25) is 5.16 Å². The lowest BCUT2D eigenvalue weighted by molar-refractivity contribution is 0.565. The third kappa shape index (κ3) is 1.87. The molecule has 14 heavy (non-hydrogen) atoms. The molecule has 0 bridgehead atoms. The predicted molar refractivity (Wildman–Crippen MR) is 51.6 cm³/mol. The molecule has 1 aliphatic rings. The molecule has 0 aromatic carbocycles. The van der Waals surface area contributed by atoms with Crippen LogP contribution in [0, 0.1) is 11.3 Å². The van der Waals surface area contributed by atoms with Gasteiger partial charge in [-0.2, -0.15) is 5.26 Å². The van der Waals surface area contributed by atoms with E-state index in [9.17, 15) is 0 Å². The summed E-state index contributed by atoms with van der Waals surface area (Å²) in [4.78, 5) is 0. The predicted octanol–water partition coefficient (Wildman–Crippen LogP) is 1.40. The molecule has 74 valence electrons. The summed E-state index contributed by atoms with van der Waals surface area (Å²) in [5, 5.41) is 21.0. The smallest absolute Gasteiger partial charge is 0.210 e. The minimum absolute atomic E-state index is 0.0431. The van der Waals surface area contributed by atoms with E-state index in [0.717, 1.165) is 24.4 Å². The Morgan fingerprint density at radius 1 is 1.71 bits per heavy atom. The summed E-state index contributed by atoms with van der Waals surface area (Å²) in [6, 6.07) is 2.71. The Kier molecular flexibility index (Phi) is 2.68. The van der Waals surface area contributed by atoms with Crippen LogP contribution >= 0.6 is 11.8 Å². The van der Waals surface area contributed by atoms with E-state index in [1.54, 1.807) is 0 Å². The van der Waals surface area contributed by atoms with E-state index in [0.29, 0.717) is 6.04 Å². The van der Waals surface area contributed by atoms with Gasteiger partial charge >= 0.3 is 0 Å². The quantitative estimate of drug-likeness (QED) is 0.701. The molecule has 1 atom stereocenters. The van der Waals surface area contributed by atoms with E-state index in [-0.39, 0.29) is 5.25 Å². The molecular weight excluding hydrogens is 198 g/mol. The molecular formula is C8H11N5S. The normalized spacial score (nSPS) is 17.7. The molecule has 1 saturated carbocycles. The van der Waals surface area contributed by atoms with E-state index >= 15 is 0 Å². The van der Waals surface area contributed by atoms with Crippen LogP contribution in [0.5, 0.6) is 0 Å². The zero-order valence-corrected chi connectivity index (χ0v) is 8.74. The standard InChI is InChI=1S/C8H11N5S/c1-2-7(5-9)14-8-10-11-12-13(8)6-3-4-6/h6-7H,2-4H2,1H3. The van der Waals surface area contributed by atoms with Crippen LogP contribution in [0.3, 0.4) is 0 Å². The molecule has 0 saturated heterocycles. The topological polar surface area (TPSA) is 67.4 Å². The molecule has 1 aromatic heterocycles. The average Bonchev–Trinajstić information content (AvgIpc) is 2.95. The SMILES string of the molecule is CCC(C#N)Sc1nnnn1C1CC1. The Bertz CT molecular complexity index is 351. The number of aromatic nitrogens is 4. The number of tetrazole rings is 1. The summed E-state index contributed by atoms with van der Waals surface area (Å²) in [5.74, 6) is 0. The van der Waals surface area contributed by atoms with Crippen LogP contribution in [-0.4, -0.2) is 25.5 Å². The van der Waals surface area contributed by atoms with Crippen LogP contribution in [0.25, 0.3) is 0 Å². The Labute approximate surface area is 86.5 Å². The third-order valence-electron chi connectivity index (χ3n) is 2.12. The van der Waals surface area contributed by atoms with Gasteiger partial charge in [-0.05, 0) is 29.7 Å². The molecule has 5 nitrogen and oxygen atoms in total. The highest BCUT2D eigenvalue weighted by atomic mass is 32.2. The van der Waals surface area contributed by atoms with Gasteiger partial charge < -0.3 is 0 Å². The first-order valence-corrected chi connectivity index (χ1v) is 5.57. The van der Waals surface area contributed by atoms with Gasteiger partial charge in [-0.15, -0.1) is 5.10 Å². The number of thioether (sulfide) groups is 1. The summed E-state index contributed by atoms with van der Waals surface area (Å²) in [5.41, 5.74) is 0. The second-order valence-electron chi connectivity index (χ2n) is 3.28. The van der Waals surface area contributed by atoms with Crippen molar-refractivity contribution in [2.75, 3.05) is 0 Å². The number of hydrogen-bond donors (Lipinski definition) is 0. The third-order valence-corrected chi connectivity index (χ3v) is 3.32. The molecule has 1 fully saturated rings. The lowest BCUT2D eigenvalue weighted by Gasteiger charge is -2.04. The van der Waals surface area contributed by atoms with Crippen LogP contribution in [0.2, 0.25) is 0 Å². The zero-order valence-electron chi connectivity index (χ0n) is 7.92. The maximum absolute atomic E-state index is 8.82. The minimum atomic E-state index is -0.0431. The second kappa shape index (κ2) is 3.96. The van der Waals surface area contributed by atoms with Crippen LogP contribution in [0.1, 0.15) is 32.2 Å². The first-order valence-electron chi connectivity index (χ1n) is 4.69. The molecule has 2 rings (SSSR count). The highest BCUT2D eigenvalue weighted by Gasteiger charge is 2.28. The monoisotopic (exact) mass is 209 g/mol. The summed E-state index contributed by atoms with van der Waals surface area (Å²) in [6.07, 6.45) is 3.13. The maximum atomic E-state index is 8.82. The van der Waals surface area contributed by atoms with Crippen molar-refractivity contribution in [3.05, 3.63) is 0 Å². The van der Waals surface area contributed by atoms with Crippen molar-refractivity contribution in [2.45, 2.75) is 42.6 Å². The van der Waals surface area contributed by atoms with Crippen LogP contribution in [0.4, 0.5) is 0 Å². The summed E-state index contributed by atoms with van der Waals surface area (Å²) >= 11 is 1.46. The largest absolute Gasteiger partial charge is 0.217 e. The molecule has 1 unspecified atom stereocenters. The average molecular weight is 209 g/mol. The van der Waals surface area contributed by atoms with Crippen molar-refractivity contribution in [1.29, 1.82) is 5.26 Å². The van der Waals surface area contributed by atoms with Crippen LogP contribution < -0.4 is 0 Å². The van der Waals surface area contributed by atoms with Crippen LogP contribution in [-0.2, 0) is 0 Å². The van der Waals surface area contributed by atoms with Gasteiger partial charge in [-0.25, -0.2) is 4.68 Å². The van der Waals surface area contributed by atoms with Gasteiger partial charge in [0.1, 0.15) is 0 Å². The van der Waals surface area contributed by atoms with Crippen LogP contribution in [0.15, 0.2) is 5.16 Å². The first kappa shape index (κ1) is 9.46. The van der Waals surface area contributed by atoms with E-state index in [4.69, 9.17) is 5.26 Å². The molecule has 1 aliphatic carbocycles. The Morgan fingerprint density at radius 2 is 2.50 bits per heavy atom. The van der Waals surface area contributed by atoms with Crippen molar-refractivity contribution < 1.29 is 0 Å². The van der Waals surface area contributed by atoms with Gasteiger partial charge in [0.25, 0.3) is 0 Å². The molecule has 0 aliphatic heterocycles. The van der Waals surface area contributed by atoms with Crippen molar-refractivity contribution in [3.63, 3.8) is 0 Å². The fourth-order valence-electron chi connectivity index (χ4n) is 1.14. The number of nitrogens with zero attached hydrogens (tertiary/aromatic N) is 5. The summed E-state index contributed by atoms with van der Waals surface area (Å²) in [7, 11) is 0. The fraction of sp³-hybridized carbons (Fsp3) is 0.750. The fourth-order valence-corrected chi connectivity index (χ4v) is 1.99. The highest BCUT2D eigenvalue weighted by Crippen LogP contribution is 2.37. The first-order chi connectivity index (χ1) is 6.85. The zero-order chi connectivity index (χ0) is 9.97. The molecule has 0 amide bonds. The summed E-state index contributed by atoms with van der Waals surface area (Å²) < 4.78 is 1.84. The van der Waals surface area contributed by atoms with E-state index < -0.39 is 0 Å². The molecule has 0 N–H and O–H groups in total. The van der Waals surface area contributed by atoms with Crippen molar-refractivity contribution >= 4 is 11.8 Å². The van der Waals surface area contributed by atoms with E-state index in [2.05, 4.69) is 21.6 Å². The number of rotatable bonds is 4. The Morgan fingerprint density at radius 3 is 3.07 bits per heavy atom.